The molecule has 11 aromatic rings. The summed E-state index contributed by atoms with van der Waals surface area (Å²) in [5.74, 6) is 0. The molecule has 11 rings (SSSR count). The molecule has 0 aliphatic heterocycles. The molecule has 0 aliphatic carbocycles. The van der Waals surface area contributed by atoms with Crippen LogP contribution < -0.4 is 4.90 Å². The first-order valence-electron chi connectivity index (χ1n) is 17.8. The van der Waals surface area contributed by atoms with Crippen LogP contribution in [0.1, 0.15) is 0 Å². The molecule has 248 valence electrons. The number of furan rings is 2. The van der Waals surface area contributed by atoms with Gasteiger partial charge in [-0.05, 0) is 118 Å². The molecule has 0 radical (unpaired) electrons. The topological polar surface area (TPSA) is 42.4 Å². The van der Waals surface area contributed by atoms with Crippen LogP contribution in [0.3, 0.4) is 0 Å². The maximum atomic E-state index is 6.23. The van der Waals surface area contributed by atoms with E-state index in [-0.39, 0.29) is 0 Å². The number of aromatic nitrogens is 1. The molecule has 0 saturated carbocycles. The fourth-order valence-electron chi connectivity index (χ4n) is 7.81. The second-order valence-electron chi connectivity index (χ2n) is 13.6. The molecular formula is C49H30N2O2. The smallest absolute Gasteiger partial charge is 0.136 e. The van der Waals surface area contributed by atoms with Gasteiger partial charge in [0.15, 0.2) is 0 Å². The van der Waals surface area contributed by atoms with E-state index < -0.39 is 0 Å². The third-order valence-electron chi connectivity index (χ3n) is 10.5. The van der Waals surface area contributed by atoms with Gasteiger partial charge < -0.3 is 13.7 Å². The van der Waals surface area contributed by atoms with E-state index in [0.29, 0.717) is 0 Å². The largest absolute Gasteiger partial charge is 0.456 e. The van der Waals surface area contributed by atoms with Crippen molar-refractivity contribution in [2.45, 2.75) is 0 Å². The summed E-state index contributed by atoms with van der Waals surface area (Å²) in [4.78, 5) is 6.86. The van der Waals surface area contributed by atoms with Gasteiger partial charge in [-0.15, -0.1) is 0 Å². The first-order valence-corrected chi connectivity index (χ1v) is 17.8. The summed E-state index contributed by atoms with van der Waals surface area (Å²) in [6, 6.07) is 62.2. The first kappa shape index (κ1) is 29.5. The first-order chi connectivity index (χ1) is 26.2. The molecule has 0 unspecified atom stereocenters. The third-order valence-corrected chi connectivity index (χ3v) is 10.5. The van der Waals surface area contributed by atoms with Crippen LogP contribution in [0, 0.1) is 0 Å². The minimum absolute atomic E-state index is 0.902. The fourth-order valence-corrected chi connectivity index (χ4v) is 7.81. The van der Waals surface area contributed by atoms with E-state index in [4.69, 9.17) is 8.83 Å². The lowest BCUT2D eigenvalue weighted by Crippen LogP contribution is -2.09. The van der Waals surface area contributed by atoms with Crippen LogP contribution >= 0.6 is 0 Å². The van der Waals surface area contributed by atoms with Crippen molar-refractivity contribution in [1.29, 1.82) is 0 Å². The molecule has 4 nitrogen and oxygen atoms in total. The van der Waals surface area contributed by atoms with Crippen molar-refractivity contribution in [3.05, 3.63) is 182 Å². The molecule has 0 atom stereocenters. The lowest BCUT2D eigenvalue weighted by Gasteiger charge is -2.26. The standard InChI is InChI=1S/C49H30N2O2/c1-3-10-46-41(7-1)43-27-36-25-39(22-18-34(36)29-48(43)52-46)51(38-20-16-32(17-21-38)31-12-14-33(15-13-31)45-9-5-6-24-50-45)40-23-19-35-30-49-44(28-37(35)26-40)42-8-2-4-11-47(42)53-49/h1-30H. The van der Waals surface area contributed by atoms with E-state index in [1.165, 1.54) is 0 Å². The Labute approximate surface area is 304 Å². The normalized spacial score (nSPS) is 11.8. The molecule has 53 heavy (non-hydrogen) atoms. The summed E-state index contributed by atoms with van der Waals surface area (Å²) < 4.78 is 12.5. The maximum absolute atomic E-state index is 6.23. The van der Waals surface area contributed by atoms with Gasteiger partial charge in [-0.3, -0.25) is 4.98 Å². The summed E-state index contributed by atoms with van der Waals surface area (Å²) in [7, 11) is 0. The highest BCUT2D eigenvalue weighted by Gasteiger charge is 2.17. The Hall–Kier alpha value is -7.17. The molecule has 0 fully saturated rings. The quantitative estimate of drug-likeness (QED) is 0.182. The number of benzene rings is 8. The maximum Gasteiger partial charge on any atom is 0.136 e. The van der Waals surface area contributed by atoms with Crippen LogP contribution in [-0.4, -0.2) is 4.98 Å². The summed E-state index contributed by atoms with van der Waals surface area (Å²) in [5, 5.41) is 9.09. The third kappa shape index (κ3) is 4.95. The van der Waals surface area contributed by atoms with Crippen molar-refractivity contribution < 1.29 is 8.83 Å². The molecule has 0 bridgehead atoms. The summed E-state index contributed by atoms with van der Waals surface area (Å²) in [5.41, 5.74) is 11.2. The minimum atomic E-state index is 0.902. The van der Waals surface area contributed by atoms with Crippen LogP contribution in [0.4, 0.5) is 17.1 Å². The van der Waals surface area contributed by atoms with Crippen LogP contribution in [0.25, 0.3) is 87.8 Å². The van der Waals surface area contributed by atoms with Gasteiger partial charge in [0.25, 0.3) is 0 Å². The van der Waals surface area contributed by atoms with Gasteiger partial charge in [-0.1, -0.05) is 91.0 Å². The summed E-state index contributed by atoms with van der Waals surface area (Å²) >= 11 is 0. The van der Waals surface area contributed by atoms with Crippen molar-refractivity contribution in [2.75, 3.05) is 4.90 Å². The van der Waals surface area contributed by atoms with Crippen molar-refractivity contribution in [2.24, 2.45) is 0 Å². The zero-order valence-corrected chi connectivity index (χ0v) is 28.5. The predicted molar refractivity (Wildman–Crippen MR) is 219 cm³/mol. The molecule has 0 spiro atoms. The lowest BCUT2D eigenvalue weighted by molar-refractivity contribution is 0.669. The Balaban J connectivity index is 1.05. The van der Waals surface area contributed by atoms with Gasteiger partial charge in [0, 0.05) is 50.4 Å². The lowest BCUT2D eigenvalue weighted by atomic mass is 10.0. The minimum Gasteiger partial charge on any atom is -0.456 e. The molecule has 0 aliphatic rings. The Morgan fingerprint density at radius 3 is 1.38 bits per heavy atom. The van der Waals surface area contributed by atoms with Gasteiger partial charge in [0.2, 0.25) is 0 Å². The predicted octanol–water partition coefficient (Wildman–Crippen LogP) is 14.0. The molecule has 3 aromatic heterocycles. The number of pyridine rings is 1. The fraction of sp³-hybridized carbons (Fsp3) is 0. The highest BCUT2D eigenvalue weighted by atomic mass is 16.3. The number of hydrogen-bond donors (Lipinski definition) is 0. The number of anilines is 3. The number of nitrogens with zero attached hydrogens (tertiary/aromatic N) is 2. The Morgan fingerprint density at radius 1 is 0.340 bits per heavy atom. The highest BCUT2D eigenvalue weighted by Crippen LogP contribution is 2.41. The zero-order valence-electron chi connectivity index (χ0n) is 28.5. The molecule has 8 aromatic carbocycles. The average molecular weight is 679 g/mol. The van der Waals surface area contributed by atoms with E-state index in [1.807, 2.05) is 48.7 Å². The number of fused-ring (bicyclic) bond motifs is 8. The van der Waals surface area contributed by atoms with Gasteiger partial charge in [-0.2, -0.15) is 0 Å². The molecular weight excluding hydrogens is 649 g/mol. The zero-order chi connectivity index (χ0) is 34.9. The molecule has 0 saturated heterocycles. The van der Waals surface area contributed by atoms with E-state index in [2.05, 4.69) is 143 Å². The Kier molecular flexibility index (Phi) is 6.52. The second-order valence-corrected chi connectivity index (χ2v) is 13.6. The van der Waals surface area contributed by atoms with Crippen molar-refractivity contribution in [3.8, 4) is 22.4 Å². The monoisotopic (exact) mass is 678 g/mol. The van der Waals surface area contributed by atoms with E-state index in [1.54, 1.807) is 0 Å². The number of para-hydroxylation sites is 2. The molecule has 4 heteroatoms. The van der Waals surface area contributed by atoms with Crippen molar-refractivity contribution in [3.63, 3.8) is 0 Å². The van der Waals surface area contributed by atoms with E-state index in [9.17, 15) is 0 Å². The SMILES string of the molecule is c1ccc(-c2ccc(-c3ccc(N(c4ccc5cc6oc7ccccc7c6cc5c4)c4ccc5cc6oc7ccccc7c6cc5c4)cc3)cc2)nc1. The Morgan fingerprint density at radius 2 is 0.830 bits per heavy atom. The van der Waals surface area contributed by atoms with Gasteiger partial charge in [-0.25, -0.2) is 0 Å². The molecule has 0 N–H and O–H groups in total. The van der Waals surface area contributed by atoms with Crippen molar-refractivity contribution in [1.82, 2.24) is 4.98 Å². The van der Waals surface area contributed by atoms with Crippen LogP contribution in [0.15, 0.2) is 191 Å². The van der Waals surface area contributed by atoms with Gasteiger partial charge in [0.1, 0.15) is 22.3 Å². The van der Waals surface area contributed by atoms with Gasteiger partial charge in [0.05, 0.1) is 5.69 Å². The van der Waals surface area contributed by atoms with Crippen LogP contribution in [0.5, 0.6) is 0 Å². The van der Waals surface area contributed by atoms with Crippen molar-refractivity contribution >= 4 is 82.5 Å². The van der Waals surface area contributed by atoms with Crippen LogP contribution in [0.2, 0.25) is 0 Å². The highest BCUT2D eigenvalue weighted by molar-refractivity contribution is 6.12. The summed E-state index contributed by atoms with van der Waals surface area (Å²) in [6.45, 7) is 0. The van der Waals surface area contributed by atoms with E-state index in [0.717, 1.165) is 105 Å². The van der Waals surface area contributed by atoms with E-state index >= 15 is 0 Å². The number of hydrogen-bond acceptors (Lipinski definition) is 4. The summed E-state index contributed by atoms with van der Waals surface area (Å²) in [6.07, 6.45) is 1.83. The van der Waals surface area contributed by atoms with Gasteiger partial charge >= 0.3 is 0 Å². The molecule has 3 heterocycles. The Bertz CT molecular complexity index is 3000. The van der Waals surface area contributed by atoms with Crippen LogP contribution in [-0.2, 0) is 0 Å². The second kappa shape index (κ2) is 11.7. The molecule has 0 amide bonds. The number of rotatable bonds is 5. The average Bonchev–Trinajstić information content (AvgIpc) is 3.77.